The second-order valence-electron chi connectivity index (χ2n) is 4.29. The molecule has 1 heterocycles. The minimum absolute atomic E-state index is 0.144. The number of nitrogens with zero attached hydrogens (tertiary/aromatic N) is 1. The van der Waals surface area contributed by atoms with Gasteiger partial charge >= 0.3 is 0 Å². The van der Waals surface area contributed by atoms with Gasteiger partial charge in [-0.25, -0.2) is 13.8 Å². The average molecular weight is 312 g/mol. The maximum atomic E-state index is 13.6. The molecule has 0 radical (unpaired) electrons. The Hall–Kier alpha value is -2.06. The molecule has 1 amide bonds. The van der Waals surface area contributed by atoms with Gasteiger partial charge in [-0.2, -0.15) is 0 Å². The molecular weight excluding hydrogens is 298 g/mol. The number of rotatable bonds is 4. The lowest BCUT2D eigenvalue weighted by molar-refractivity contribution is 0.102. The number of aryl methyl sites for hydroxylation is 2. The lowest BCUT2D eigenvalue weighted by Crippen LogP contribution is -2.15. The van der Waals surface area contributed by atoms with E-state index in [1.54, 1.807) is 0 Å². The fourth-order valence-corrected chi connectivity index (χ4v) is 2.72. The highest BCUT2D eigenvalue weighted by atomic mass is 32.1. The fraction of sp³-hybridized carbons (Fsp3) is 0.231. The quantitative estimate of drug-likeness (QED) is 0.599. The predicted octanol–water partition coefficient (Wildman–Crippen LogP) is 2.83. The van der Waals surface area contributed by atoms with E-state index < -0.39 is 23.2 Å². The van der Waals surface area contributed by atoms with Gasteiger partial charge in [0.1, 0.15) is 5.69 Å². The summed E-state index contributed by atoms with van der Waals surface area (Å²) in [6.07, 6.45) is 0.748. The molecule has 8 heteroatoms. The largest absolute Gasteiger partial charge is 0.319 e. The first-order chi connectivity index (χ1) is 9.96. The number of hydrogen-bond donors (Lipinski definition) is 3. The minimum Gasteiger partial charge on any atom is -0.319 e. The number of amides is 1. The Morgan fingerprint density at radius 2 is 2.00 bits per heavy atom. The van der Waals surface area contributed by atoms with Crippen LogP contribution in [0.25, 0.3) is 0 Å². The summed E-state index contributed by atoms with van der Waals surface area (Å²) in [7, 11) is 0. The Kier molecular flexibility index (Phi) is 4.49. The Balaban J connectivity index is 2.24. The summed E-state index contributed by atoms with van der Waals surface area (Å²) in [5, 5.41) is 2.93. The monoisotopic (exact) mass is 312 g/mol. The van der Waals surface area contributed by atoms with Gasteiger partial charge in [0, 0.05) is 10.4 Å². The number of benzene rings is 1. The molecule has 4 N–H and O–H groups in total. The van der Waals surface area contributed by atoms with Crippen molar-refractivity contribution in [2.24, 2.45) is 5.84 Å². The molecule has 0 saturated carbocycles. The van der Waals surface area contributed by atoms with Gasteiger partial charge in [-0.1, -0.05) is 6.92 Å². The Morgan fingerprint density at radius 1 is 1.38 bits per heavy atom. The molecule has 0 spiro atoms. The standard InChI is InChI=1S/C13H14F2N4OS/c1-3-10-6(2)21-13(17-10)18-12(20)7-4-8(14)11(19-16)9(15)5-7/h4-5,19H,3,16H2,1-2H3,(H,17,18,20). The number of hydrogen-bond acceptors (Lipinski definition) is 5. The van der Waals surface area contributed by atoms with E-state index in [1.165, 1.54) is 11.3 Å². The smallest absolute Gasteiger partial charge is 0.257 e. The number of hydrazine groups is 1. The summed E-state index contributed by atoms with van der Waals surface area (Å²) >= 11 is 1.32. The molecule has 1 aromatic carbocycles. The summed E-state index contributed by atoms with van der Waals surface area (Å²) in [5.41, 5.74) is 2.17. The first-order valence-electron chi connectivity index (χ1n) is 6.19. The number of carbonyl (C=O) groups is 1. The molecular formula is C13H14F2N4OS. The van der Waals surface area contributed by atoms with Crippen LogP contribution in [0.1, 0.15) is 27.9 Å². The first-order valence-corrected chi connectivity index (χ1v) is 7.01. The van der Waals surface area contributed by atoms with Crippen molar-refractivity contribution in [1.29, 1.82) is 0 Å². The fourth-order valence-electron chi connectivity index (χ4n) is 1.82. The van der Waals surface area contributed by atoms with Crippen LogP contribution in [-0.2, 0) is 6.42 Å². The van der Waals surface area contributed by atoms with Crippen molar-refractivity contribution in [3.05, 3.63) is 39.9 Å². The van der Waals surface area contributed by atoms with Crippen LogP contribution in [0, 0.1) is 18.6 Å². The van der Waals surface area contributed by atoms with Crippen molar-refractivity contribution in [3.8, 4) is 0 Å². The third-order valence-electron chi connectivity index (χ3n) is 2.90. The van der Waals surface area contributed by atoms with Crippen LogP contribution in [0.4, 0.5) is 19.6 Å². The van der Waals surface area contributed by atoms with E-state index in [0.717, 1.165) is 29.1 Å². The summed E-state index contributed by atoms with van der Waals surface area (Å²) in [6.45, 7) is 3.85. The normalized spacial score (nSPS) is 10.5. The number of aromatic nitrogens is 1. The second kappa shape index (κ2) is 6.15. The second-order valence-corrected chi connectivity index (χ2v) is 5.49. The van der Waals surface area contributed by atoms with Crippen LogP contribution >= 0.6 is 11.3 Å². The summed E-state index contributed by atoms with van der Waals surface area (Å²) < 4.78 is 27.1. The van der Waals surface area contributed by atoms with Crippen molar-refractivity contribution in [3.63, 3.8) is 0 Å². The molecule has 2 rings (SSSR count). The highest BCUT2D eigenvalue weighted by Crippen LogP contribution is 2.24. The van der Waals surface area contributed by atoms with Gasteiger partial charge < -0.3 is 5.43 Å². The van der Waals surface area contributed by atoms with Crippen LogP contribution in [-0.4, -0.2) is 10.9 Å². The summed E-state index contributed by atoms with van der Waals surface area (Å²) in [5.74, 6) is 2.49. The topological polar surface area (TPSA) is 80.0 Å². The zero-order valence-corrected chi connectivity index (χ0v) is 12.3. The van der Waals surface area contributed by atoms with Crippen LogP contribution in [0.2, 0.25) is 0 Å². The zero-order chi connectivity index (χ0) is 15.6. The molecule has 0 atom stereocenters. The number of nitrogens with one attached hydrogen (secondary N) is 2. The molecule has 0 bridgehead atoms. The van der Waals surface area contributed by atoms with Crippen LogP contribution in [0.15, 0.2) is 12.1 Å². The van der Waals surface area contributed by atoms with E-state index in [9.17, 15) is 13.6 Å². The molecule has 0 aliphatic rings. The lowest BCUT2D eigenvalue weighted by atomic mass is 10.1. The maximum absolute atomic E-state index is 13.6. The van der Waals surface area contributed by atoms with Crippen molar-refractivity contribution < 1.29 is 13.6 Å². The van der Waals surface area contributed by atoms with Gasteiger partial charge in [0.15, 0.2) is 16.8 Å². The Labute approximate surface area is 124 Å². The molecule has 0 fully saturated rings. The van der Waals surface area contributed by atoms with Crippen LogP contribution in [0.5, 0.6) is 0 Å². The summed E-state index contributed by atoms with van der Waals surface area (Å²) in [4.78, 5) is 17.2. The highest BCUT2D eigenvalue weighted by molar-refractivity contribution is 7.15. The third-order valence-corrected chi connectivity index (χ3v) is 3.83. The van der Waals surface area contributed by atoms with E-state index in [2.05, 4.69) is 10.3 Å². The molecule has 1 aromatic heterocycles. The molecule has 0 unspecified atom stereocenters. The van der Waals surface area contributed by atoms with Crippen molar-refractivity contribution in [1.82, 2.24) is 4.98 Å². The number of carbonyl (C=O) groups excluding carboxylic acids is 1. The summed E-state index contributed by atoms with van der Waals surface area (Å²) in [6, 6.07) is 1.82. The number of nitrogens with two attached hydrogens (primary N) is 1. The Morgan fingerprint density at radius 3 is 2.48 bits per heavy atom. The highest BCUT2D eigenvalue weighted by Gasteiger charge is 2.16. The number of nitrogen functional groups attached to an aromatic ring is 1. The zero-order valence-electron chi connectivity index (χ0n) is 11.5. The molecule has 21 heavy (non-hydrogen) atoms. The van der Waals surface area contributed by atoms with E-state index in [1.807, 2.05) is 19.3 Å². The molecule has 5 nitrogen and oxygen atoms in total. The van der Waals surface area contributed by atoms with Gasteiger partial charge in [-0.05, 0) is 25.5 Å². The number of halogens is 2. The van der Waals surface area contributed by atoms with E-state index in [-0.39, 0.29) is 5.56 Å². The minimum atomic E-state index is -0.938. The average Bonchev–Trinajstić information content (AvgIpc) is 2.78. The first kappa shape index (κ1) is 15.3. The number of thiazole rings is 1. The van der Waals surface area contributed by atoms with Crippen LogP contribution < -0.4 is 16.6 Å². The molecule has 2 aromatic rings. The van der Waals surface area contributed by atoms with Gasteiger partial charge in [-0.3, -0.25) is 16.0 Å². The predicted molar refractivity (Wildman–Crippen MR) is 78.4 cm³/mol. The van der Waals surface area contributed by atoms with E-state index >= 15 is 0 Å². The molecule has 0 aliphatic carbocycles. The lowest BCUT2D eigenvalue weighted by Gasteiger charge is -2.07. The van der Waals surface area contributed by atoms with Crippen LogP contribution in [0.3, 0.4) is 0 Å². The van der Waals surface area contributed by atoms with Gasteiger partial charge in [0.05, 0.1) is 5.69 Å². The Bertz CT molecular complexity index is 664. The van der Waals surface area contributed by atoms with Crippen molar-refractivity contribution in [2.75, 3.05) is 10.7 Å². The third kappa shape index (κ3) is 3.17. The van der Waals surface area contributed by atoms with Gasteiger partial charge in [-0.15, -0.1) is 11.3 Å². The van der Waals surface area contributed by atoms with E-state index in [4.69, 9.17) is 5.84 Å². The number of anilines is 2. The van der Waals surface area contributed by atoms with Crippen molar-refractivity contribution >= 4 is 28.1 Å². The van der Waals surface area contributed by atoms with Gasteiger partial charge in [0.25, 0.3) is 5.91 Å². The van der Waals surface area contributed by atoms with E-state index in [0.29, 0.717) is 5.13 Å². The molecule has 112 valence electrons. The SMILES string of the molecule is CCc1nc(NC(=O)c2cc(F)c(NN)c(F)c2)sc1C. The molecule has 0 aliphatic heterocycles. The van der Waals surface area contributed by atoms with Gasteiger partial charge in [0.2, 0.25) is 0 Å². The van der Waals surface area contributed by atoms with Crippen molar-refractivity contribution in [2.45, 2.75) is 20.3 Å². The molecule has 0 saturated heterocycles. The maximum Gasteiger partial charge on any atom is 0.257 e.